The standard InChI is InChI=1S/B.Li.NO3/c;;2-1(3)4/q;+1;-1. The fraction of sp³-hybridized carbons (Fsp3) is 0. The Kier molecular flexibility index (Phi) is 25.0. The quantitative estimate of drug-likeness (QED) is 0.171. The predicted molar refractivity (Wildman–Crippen MR) is 16.1 cm³/mol. The molecule has 0 aliphatic carbocycles. The molecule has 0 aromatic carbocycles. The van der Waals surface area contributed by atoms with Gasteiger partial charge >= 0.3 is 18.9 Å². The third kappa shape index (κ3) is 1670. The molecule has 0 amide bonds. The first kappa shape index (κ1) is 16.9. The summed E-state index contributed by atoms with van der Waals surface area (Å²) in [5.41, 5.74) is 0. The van der Waals surface area contributed by atoms with Crippen molar-refractivity contribution in [3.63, 3.8) is 0 Å². The van der Waals surface area contributed by atoms with Gasteiger partial charge in [0.15, 0.2) is 0 Å². The molecule has 0 spiro atoms. The monoisotopic (exact) mass is 80.0 g/mol. The largest absolute Gasteiger partial charge is 1.00 e. The molecule has 0 rings (SSSR count). The maximum absolute atomic E-state index is 8.25. The number of hydrogen-bond acceptors (Lipinski definition) is 3. The Hall–Kier alpha value is -0.138. The second-order valence-corrected chi connectivity index (χ2v) is 0.224. The van der Waals surface area contributed by atoms with Crippen LogP contribution >= 0.6 is 0 Å². The summed E-state index contributed by atoms with van der Waals surface area (Å²) in [5, 5.41) is 14.8. The van der Waals surface area contributed by atoms with E-state index in [1.807, 2.05) is 0 Å². The summed E-state index contributed by atoms with van der Waals surface area (Å²) >= 11 is 0. The first-order chi connectivity index (χ1) is 1.73. The van der Waals surface area contributed by atoms with Crippen LogP contribution in [0, 0.1) is 15.3 Å². The molecule has 6 heavy (non-hydrogen) atoms. The van der Waals surface area contributed by atoms with Crippen molar-refractivity contribution in [2.24, 2.45) is 0 Å². The Balaban J connectivity index is -0.0000000450. The van der Waals surface area contributed by atoms with Crippen molar-refractivity contribution in [2.45, 2.75) is 0 Å². The Morgan fingerprint density at radius 3 is 1.33 bits per heavy atom. The average molecular weight is 79.8 g/mol. The minimum absolute atomic E-state index is 0. The van der Waals surface area contributed by atoms with Crippen LogP contribution in [-0.2, 0) is 0 Å². The van der Waals surface area contributed by atoms with Gasteiger partial charge in [0.2, 0.25) is 0 Å². The summed E-state index contributed by atoms with van der Waals surface area (Å²) in [4.78, 5) is 8.25. The van der Waals surface area contributed by atoms with Crippen molar-refractivity contribution in [3.8, 4) is 0 Å². The van der Waals surface area contributed by atoms with Gasteiger partial charge in [-0.15, -0.1) is 0 Å². The van der Waals surface area contributed by atoms with E-state index in [0.29, 0.717) is 0 Å². The van der Waals surface area contributed by atoms with Crippen molar-refractivity contribution in [2.75, 3.05) is 0 Å². The SMILES string of the molecule is O=[N+]([O-])[O-].[B].[Li+]. The van der Waals surface area contributed by atoms with Crippen molar-refractivity contribution in [3.05, 3.63) is 15.3 Å². The van der Waals surface area contributed by atoms with Crippen LogP contribution in [0.5, 0.6) is 0 Å². The zero-order valence-electron chi connectivity index (χ0n) is 3.25. The summed E-state index contributed by atoms with van der Waals surface area (Å²) in [5.74, 6) is 0. The molecule has 0 saturated carbocycles. The Labute approximate surface area is 48.4 Å². The first-order valence-corrected chi connectivity index (χ1v) is 0.548. The smallest absolute Gasteiger partial charge is 0.356 e. The van der Waals surface area contributed by atoms with Gasteiger partial charge in [-0.05, 0) is 0 Å². The van der Waals surface area contributed by atoms with Gasteiger partial charge < -0.3 is 15.3 Å². The Morgan fingerprint density at radius 2 is 1.33 bits per heavy atom. The average Bonchev–Trinajstić information content (AvgIpc) is 0.811. The first-order valence-electron chi connectivity index (χ1n) is 0.548. The van der Waals surface area contributed by atoms with E-state index in [4.69, 9.17) is 15.3 Å². The van der Waals surface area contributed by atoms with E-state index in [-0.39, 0.29) is 27.3 Å². The Bertz CT molecular complexity index is 33.8. The molecular formula is BLiNO3. The van der Waals surface area contributed by atoms with Gasteiger partial charge in [0.05, 0.1) is 5.09 Å². The van der Waals surface area contributed by atoms with Crippen LogP contribution in [0.4, 0.5) is 0 Å². The second-order valence-electron chi connectivity index (χ2n) is 0.224. The zero-order valence-corrected chi connectivity index (χ0v) is 3.25. The van der Waals surface area contributed by atoms with E-state index in [9.17, 15) is 0 Å². The van der Waals surface area contributed by atoms with Crippen LogP contribution in [0.25, 0.3) is 0 Å². The van der Waals surface area contributed by atoms with E-state index in [1.165, 1.54) is 0 Å². The third-order valence-corrected chi connectivity index (χ3v) is 0. The molecule has 4 nitrogen and oxygen atoms in total. The predicted octanol–water partition coefficient (Wildman–Crippen LogP) is -3.62. The third-order valence-electron chi connectivity index (χ3n) is 0. The Morgan fingerprint density at radius 1 is 1.33 bits per heavy atom. The van der Waals surface area contributed by atoms with Crippen LogP contribution in [0.2, 0.25) is 0 Å². The maximum Gasteiger partial charge on any atom is 1.00 e. The van der Waals surface area contributed by atoms with Crippen LogP contribution in [-0.4, -0.2) is 13.5 Å². The van der Waals surface area contributed by atoms with Crippen molar-refractivity contribution in [1.82, 2.24) is 0 Å². The summed E-state index contributed by atoms with van der Waals surface area (Å²) in [6.07, 6.45) is 0. The molecule has 6 heteroatoms. The summed E-state index contributed by atoms with van der Waals surface area (Å²) in [6.45, 7) is 0. The molecule has 0 aliphatic heterocycles. The molecule has 0 saturated heterocycles. The number of nitrogens with zero attached hydrogens (tertiary/aromatic N) is 1. The van der Waals surface area contributed by atoms with Gasteiger partial charge in [-0.3, -0.25) is 0 Å². The van der Waals surface area contributed by atoms with Crippen LogP contribution in [0.1, 0.15) is 0 Å². The summed E-state index contributed by atoms with van der Waals surface area (Å²) in [6, 6.07) is 0. The van der Waals surface area contributed by atoms with Gasteiger partial charge in [0, 0.05) is 8.41 Å². The fourth-order valence-electron chi connectivity index (χ4n) is 0. The minimum atomic E-state index is -1.75. The molecule has 0 fully saturated rings. The van der Waals surface area contributed by atoms with Crippen LogP contribution in [0.15, 0.2) is 0 Å². The van der Waals surface area contributed by atoms with E-state index in [2.05, 4.69) is 0 Å². The summed E-state index contributed by atoms with van der Waals surface area (Å²) in [7, 11) is 0. The fourth-order valence-corrected chi connectivity index (χ4v) is 0. The van der Waals surface area contributed by atoms with E-state index in [1.54, 1.807) is 0 Å². The molecule has 0 bridgehead atoms. The molecule has 0 unspecified atom stereocenters. The van der Waals surface area contributed by atoms with Crippen LogP contribution in [0.3, 0.4) is 0 Å². The maximum atomic E-state index is 8.25. The molecule has 0 aliphatic rings. The summed E-state index contributed by atoms with van der Waals surface area (Å²) < 4.78 is 0. The zero-order chi connectivity index (χ0) is 3.58. The van der Waals surface area contributed by atoms with Crippen molar-refractivity contribution in [1.29, 1.82) is 0 Å². The van der Waals surface area contributed by atoms with Gasteiger partial charge in [-0.1, -0.05) is 0 Å². The van der Waals surface area contributed by atoms with E-state index < -0.39 is 5.09 Å². The molecule has 0 aromatic rings. The van der Waals surface area contributed by atoms with Crippen LogP contribution < -0.4 is 18.9 Å². The molecule has 0 N–H and O–H groups in total. The van der Waals surface area contributed by atoms with Gasteiger partial charge in [0.1, 0.15) is 0 Å². The van der Waals surface area contributed by atoms with E-state index in [0.717, 1.165) is 0 Å². The second kappa shape index (κ2) is 8.85. The molecule has 0 atom stereocenters. The van der Waals surface area contributed by atoms with E-state index >= 15 is 0 Å². The van der Waals surface area contributed by atoms with Gasteiger partial charge in [-0.25, -0.2) is 0 Å². The molecule has 27 valence electrons. The number of rotatable bonds is 0. The normalized spacial score (nSPS) is 4.00. The van der Waals surface area contributed by atoms with Crippen molar-refractivity contribution < 1.29 is 23.9 Å². The number of hydrogen-bond donors (Lipinski definition) is 0. The molecule has 0 heterocycles. The molecule has 3 radical (unpaired) electrons. The topological polar surface area (TPSA) is 66.2 Å². The van der Waals surface area contributed by atoms with Gasteiger partial charge in [-0.2, -0.15) is 0 Å². The van der Waals surface area contributed by atoms with Gasteiger partial charge in [0.25, 0.3) is 0 Å². The minimum Gasteiger partial charge on any atom is -0.356 e. The van der Waals surface area contributed by atoms with Crippen molar-refractivity contribution >= 4 is 8.41 Å². The molecule has 0 aromatic heterocycles. The molecular weight excluding hydrogens is 79.8 g/mol.